The number of rotatable bonds is 6. The number of hydrogen-bond donors (Lipinski definition) is 4. The van der Waals surface area contributed by atoms with Crippen molar-refractivity contribution in [2.75, 3.05) is 39.3 Å². The first-order valence-electron chi connectivity index (χ1n) is 17.5. The monoisotopic (exact) mass is 778 g/mol. The van der Waals surface area contributed by atoms with Gasteiger partial charge in [-0.2, -0.15) is 26.3 Å². The Morgan fingerprint density at radius 3 is 1.44 bits per heavy atom. The molecule has 8 heterocycles. The smallest absolute Gasteiger partial charge is 0.405 e. The number of carbonyl (C=O) groups excluding carboxylic acids is 2. The average molecular weight is 779 g/mol. The van der Waals surface area contributed by atoms with E-state index in [9.17, 15) is 35.9 Å². The molecular formula is C34H40F6N12O3. The Balaban J connectivity index is 0.000000184. The summed E-state index contributed by atoms with van der Waals surface area (Å²) in [7, 11) is 0. The molecule has 0 spiro atoms. The minimum absolute atomic E-state index is 0. The largest absolute Gasteiger partial charge is 0.412 e. The lowest BCUT2D eigenvalue weighted by molar-refractivity contribution is -0.123. The summed E-state index contributed by atoms with van der Waals surface area (Å²) in [5, 5.41) is 3.92. The first kappa shape index (κ1) is 39.1. The minimum Gasteiger partial charge on any atom is -0.412 e. The van der Waals surface area contributed by atoms with Gasteiger partial charge in [0.1, 0.15) is 13.1 Å². The Morgan fingerprint density at radius 2 is 1.07 bits per heavy atom. The Morgan fingerprint density at radius 1 is 0.673 bits per heavy atom. The molecule has 296 valence electrons. The number of nitrogens with one attached hydrogen (secondary N) is 4. The van der Waals surface area contributed by atoms with Crippen LogP contribution in [0.2, 0.25) is 0 Å². The molecule has 6 N–H and O–H groups in total. The summed E-state index contributed by atoms with van der Waals surface area (Å²) in [6.45, 7) is 2.92. The van der Waals surface area contributed by atoms with Gasteiger partial charge in [-0.3, -0.25) is 8.80 Å². The SMILES string of the molecule is CC[C@@H]1CN(C(=O)NCC(F)(F)F)C[C@@H]1c1cnc2cnc3[nH]ccc3n12.CC[C@@H]1CN(C(=O)NCC(F)(F)F)C[C@@H]1c1cnc2cnc3[nH]ccc3n12.O. The molecular weight excluding hydrogens is 738 g/mol. The second-order valence-electron chi connectivity index (χ2n) is 13.6. The lowest BCUT2D eigenvalue weighted by Gasteiger charge is -2.18. The van der Waals surface area contributed by atoms with E-state index in [1.54, 1.807) is 37.2 Å². The number of hydrogen-bond acceptors (Lipinski definition) is 6. The van der Waals surface area contributed by atoms with Gasteiger partial charge in [-0.15, -0.1) is 0 Å². The standard InChI is InChI=1S/2C17H19F3N6O.H2O/c2*1-2-10-7-25(16(27)24-9-17(18,19)20)8-11(10)13-5-22-14-6-23-15-12(26(13)14)3-4-21-15;/h2*3-6,10-11,21H,2,7-9H2,1H3,(H,24,27);1H2/t2*10-,11+;/m11./s1. The number of alkyl halides is 6. The van der Waals surface area contributed by atoms with Crippen LogP contribution in [0.5, 0.6) is 0 Å². The molecule has 15 nitrogen and oxygen atoms in total. The van der Waals surface area contributed by atoms with Crippen LogP contribution in [0.3, 0.4) is 0 Å². The number of fused-ring (bicyclic) bond motifs is 6. The van der Waals surface area contributed by atoms with E-state index in [2.05, 4.69) is 29.9 Å². The van der Waals surface area contributed by atoms with Gasteiger partial charge in [-0.25, -0.2) is 29.5 Å². The zero-order chi connectivity index (χ0) is 38.4. The van der Waals surface area contributed by atoms with Gasteiger partial charge in [0.05, 0.1) is 23.4 Å². The van der Waals surface area contributed by atoms with Crippen molar-refractivity contribution in [2.45, 2.75) is 50.9 Å². The summed E-state index contributed by atoms with van der Waals surface area (Å²) in [5.74, 6) is 0.261. The number of carbonyl (C=O) groups is 2. The van der Waals surface area contributed by atoms with E-state index in [1.807, 2.05) is 45.4 Å². The van der Waals surface area contributed by atoms with Crippen molar-refractivity contribution in [1.29, 1.82) is 0 Å². The molecule has 0 bridgehead atoms. The zero-order valence-corrected chi connectivity index (χ0v) is 29.7. The second kappa shape index (κ2) is 15.3. The van der Waals surface area contributed by atoms with Crippen molar-refractivity contribution in [3.63, 3.8) is 0 Å². The number of H-pyrrole nitrogens is 2. The van der Waals surface area contributed by atoms with E-state index in [0.29, 0.717) is 37.5 Å². The fourth-order valence-corrected chi connectivity index (χ4v) is 7.65. The highest BCUT2D eigenvalue weighted by atomic mass is 19.4. The predicted octanol–water partition coefficient (Wildman–Crippen LogP) is 4.99. The number of halogens is 6. The first-order valence-corrected chi connectivity index (χ1v) is 17.5. The van der Waals surface area contributed by atoms with Crippen LogP contribution >= 0.6 is 0 Å². The summed E-state index contributed by atoms with van der Waals surface area (Å²) in [5.41, 5.74) is 6.51. The van der Waals surface area contributed by atoms with Crippen molar-refractivity contribution >= 4 is 45.7 Å². The average Bonchev–Trinajstić information content (AvgIpc) is 3.98. The van der Waals surface area contributed by atoms with Crippen molar-refractivity contribution in [1.82, 2.24) is 59.1 Å². The molecule has 2 aliphatic heterocycles. The summed E-state index contributed by atoms with van der Waals surface area (Å²) >= 11 is 0. The number of aromatic amines is 2. The van der Waals surface area contributed by atoms with Crippen LogP contribution in [0.4, 0.5) is 35.9 Å². The Kier molecular flexibility index (Phi) is 10.9. The Hall–Kier alpha value is -5.60. The summed E-state index contributed by atoms with van der Waals surface area (Å²) in [6, 6.07) is 2.44. The molecule has 6 aromatic heterocycles. The third-order valence-electron chi connectivity index (χ3n) is 10.3. The van der Waals surface area contributed by atoms with Gasteiger partial charge in [-0.1, -0.05) is 26.7 Å². The van der Waals surface area contributed by atoms with Crippen LogP contribution < -0.4 is 10.6 Å². The maximum atomic E-state index is 12.4. The summed E-state index contributed by atoms with van der Waals surface area (Å²) in [6.07, 6.45) is 3.25. The topological polar surface area (TPSA) is 188 Å². The van der Waals surface area contributed by atoms with Gasteiger partial charge in [0.2, 0.25) is 0 Å². The number of amides is 4. The van der Waals surface area contributed by atoms with E-state index in [0.717, 1.165) is 46.6 Å². The Labute approximate surface area is 308 Å². The number of urea groups is 2. The van der Waals surface area contributed by atoms with E-state index in [-0.39, 0.29) is 29.1 Å². The highest BCUT2D eigenvalue weighted by Crippen LogP contribution is 2.37. The molecule has 6 aromatic rings. The summed E-state index contributed by atoms with van der Waals surface area (Å²) in [4.78, 5) is 50.9. The molecule has 4 atom stereocenters. The molecule has 0 aliphatic carbocycles. The number of likely N-dealkylation sites (tertiary alicyclic amines) is 2. The highest BCUT2D eigenvalue weighted by molar-refractivity contribution is 5.77. The van der Waals surface area contributed by atoms with Gasteiger partial charge in [0, 0.05) is 74.2 Å². The molecule has 55 heavy (non-hydrogen) atoms. The number of imidazole rings is 2. The van der Waals surface area contributed by atoms with E-state index in [4.69, 9.17) is 0 Å². The van der Waals surface area contributed by atoms with Gasteiger partial charge in [0.15, 0.2) is 22.6 Å². The minimum atomic E-state index is -4.42. The molecule has 21 heteroatoms. The maximum absolute atomic E-state index is 12.4. The van der Waals surface area contributed by atoms with Crippen LogP contribution in [0.15, 0.2) is 49.3 Å². The van der Waals surface area contributed by atoms with E-state index < -0.39 is 37.5 Å². The van der Waals surface area contributed by atoms with Crippen molar-refractivity contribution < 1.29 is 41.4 Å². The van der Waals surface area contributed by atoms with Crippen LogP contribution in [0.1, 0.15) is 49.9 Å². The zero-order valence-electron chi connectivity index (χ0n) is 29.7. The molecule has 2 aliphatic rings. The van der Waals surface area contributed by atoms with Crippen molar-refractivity contribution in [2.24, 2.45) is 11.8 Å². The molecule has 0 saturated carbocycles. The van der Waals surface area contributed by atoms with Gasteiger partial charge in [0.25, 0.3) is 0 Å². The van der Waals surface area contributed by atoms with E-state index >= 15 is 0 Å². The molecule has 0 aromatic carbocycles. The van der Waals surface area contributed by atoms with Crippen LogP contribution in [-0.4, -0.2) is 118 Å². The number of nitrogens with zero attached hydrogens (tertiary/aromatic N) is 8. The van der Waals surface area contributed by atoms with Gasteiger partial charge in [-0.05, 0) is 24.0 Å². The Bertz CT molecular complexity index is 2120. The molecule has 0 unspecified atom stereocenters. The first-order chi connectivity index (χ1) is 25.7. The third-order valence-corrected chi connectivity index (χ3v) is 10.3. The van der Waals surface area contributed by atoms with Crippen LogP contribution in [0.25, 0.3) is 33.6 Å². The fraction of sp³-hybridized carbons (Fsp3) is 0.471. The lowest BCUT2D eigenvalue weighted by atomic mass is 9.91. The van der Waals surface area contributed by atoms with Crippen LogP contribution in [-0.2, 0) is 0 Å². The van der Waals surface area contributed by atoms with Crippen molar-refractivity contribution in [3.05, 3.63) is 60.7 Å². The van der Waals surface area contributed by atoms with Crippen molar-refractivity contribution in [3.8, 4) is 0 Å². The molecule has 2 fully saturated rings. The van der Waals surface area contributed by atoms with Gasteiger partial charge >= 0.3 is 24.4 Å². The number of aromatic nitrogens is 8. The molecule has 2 saturated heterocycles. The third kappa shape index (κ3) is 7.96. The lowest BCUT2D eigenvalue weighted by Crippen LogP contribution is -2.42. The maximum Gasteiger partial charge on any atom is 0.405 e. The normalized spacial score (nSPS) is 20.3. The van der Waals surface area contributed by atoms with Crippen LogP contribution in [0, 0.1) is 11.8 Å². The molecule has 4 amide bonds. The van der Waals surface area contributed by atoms with E-state index in [1.165, 1.54) is 9.80 Å². The quantitative estimate of drug-likeness (QED) is 0.173. The molecule has 8 rings (SSSR count). The summed E-state index contributed by atoms with van der Waals surface area (Å²) < 4.78 is 78.3. The predicted molar refractivity (Wildman–Crippen MR) is 188 cm³/mol. The molecule has 0 radical (unpaired) electrons. The van der Waals surface area contributed by atoms with Gasteiger partial charge < -0.3 is 35.9 Å². The highest BCUT2D eigenvalue weighted by Gasteiger charge is 2.40. The fourth-order valence-electron chi connectivity index (χ4n) is 7.65. The second-order valence-corrected chi connectivity index (χ2v) is 13.6.